The van der Waals surface area contributed by atoms with E-state index >= 15 is 0 Å². The van der Waals surface area contributed by atoms with Crippen LogP contribution in [0.4, 0.5) is 0 Å². The Labute approximate surface area is 111 Å². The molecule has 3 aromatic carbocycles. The summed E-state index contributed by atoms with van der Waals surface area (Å²) in [6.45, 7) is 0. The highest BCUT2D eigenvalue weighted by Gasteiger charge is 2.44. The van der Waals surface area contributed by atoms with Crippen molar-refractivity contribution in [3.05, 3.63) is 59.7 Å². The van der Waals surface area contributed by atoms with Crippen LogP contribution in [-0.4, -0.2) is 6.10 Å². The number of ether oxygens (including phenoxy) is 1. The van der Waals surface area contributed by atoms with Crippen molar-refractivity contribution in [1.82, 2.24) is 0 Å². The second-order valence-electron chi connectivity index (χ2n) is 5.69. The summed E-state index contributed by atoms with van der Waals surface area (Å²) >= 11 is 0. The van der Waals surface area contributed by atoms with Crippen LogP contribution in [0, 0.1) is 0 Å². The first-order valence-corrected chi connectivity index (χ1v) is 7.00. The van der Waals surface area contributed by atoms with E-state index < -0.39 is 0 Å². The molecule has 0 amide bonds. The Hall–Kier alpha value is -1.86. The van der Waals surface area contributed by atoms with Crippen LogP contribution in [-0.2, 0) is 11.2 Å². The van der Waals surface area contributed by atoms with Crippen molar-refractivity contribution >= 4 is 21.5 Å². The predicted molar refractivity (Wildman–Crippen MR) is 77.4 cm³/mol. The molecule has 1 heteroatoms. The molecule has 0 saturated carbocycles. The van der Waals surface area contributed by atoms with Crippen molar-refractivity contribution in [2.24, 2.45) is 0 Å². The van der Waals surface area contributed by atoms with Crippen molar-refractivity contribution in [2.75, 3.05) is 0 Å². The second kappa shape index (κ2) is 3.37. The summed E-state index contributed by atoms with van der Waals surface area (Å²) in [6, 6.07) is 17.8. The average molecular weight is 246 g/mol. The minimum absolute atomic E-state index is 0.369. The molecular formula is C18H14O. The van der Waals surface area contributed by atoms with Crippen LogP contribution in [0.25, 0.3) is 21.5 Å². The van der Waals surface area contributed by atoms with E-state index in [0.717, 1.165) is 0 Å². The highest BCUT2D eigenvalue weighted by Crippen LogP contribution is 2.49. The molecule has 2 aliphatic rings. The van der Waals surface area contributed by atoms with Crippen LogP contribution < -0.4 is 0 Å². The van der Waals surface area contributed by atoms with E-state index in [1.54, 1.807) is 0 Å². The largest absolute Gasteiger partial charge is 0.364 e. The molecule has 1 heterocycles. The number of hydrogen-bond donors (Lipinski definition) is 0. The molecule has 0 N–H and O–H groups in total. The highest BCUT2D eigenvalue weighted by atomic mass is 16.6. The number of fused-ring (bicyclic) bond motifs is 6. The van der Waals surface area contributed by atoms with Crippen LogP contribution in [0.3, 0.4) is 0 Å². The molecule has 3 aromatic rings. The van der Waals surface area contributed by atoms with E-state index in [1.165, 1.54) is 45.5 Å². The smallest absolute Gasteiger partial charge is 0.110 e. The van der Waals surface area contributed by atoms with E-state index in [1.807, 2.05) is 0 Å². The quantitative estimate of drug-likeness (QED) is 0.423. The molecule has 2 atom stereocenters. The highest BCUT2D eigenvalue weighted by molar-refractivity contribution is 6.00. The third-order valence-electron chi connectivity index (χ3n) is 4.58. The molecular weight excluding hydrogens is 232 g/mol. The standard InChI is InChI=1S/C18H14O/c1-2-4-13-10-15-14(9-12(13)3-1)6-5-11-7-8-16-18(19-16)17(11)15/h1-6,9-10,16,18H,7-8H2/t16-,18-/m1/s1. The van der Waals surface area contributed by atoms with Gasteiger partial charge in [0.2, 0.25) is 0 Å². The molecule has 1 nitrogen and oxygen atoms in total. The van der Waals surface area contributed by atoms with Gasteiger partial charge in [-0.25, -0.2) is 0 Å². The van der Waals surface area contributed by atoms with Gasteiger partial charge in [0.05, 0.1) is 6.10 Å². The van der Waals surface area contributed by atoms with E-state index in [0.29, 0.717) is 12.2 Å². The number of benzene rings is 3. The monoisotopic (exact) mass is 246 g/mol. The van der Waals surface area contributed by atoms with Crippen LogP contribution in [0.15, 0.2) is 48.5 Å². The predicted octanol–water partition coefficient (Wildman–Crippen LogP) is 4.38. The zero-order chi connectivity index (χ0) is 12.4. The molecule has 92 valence electrons. The van der Waals surface area contributed by atoms with Crippen molar-refractivity contribution in [1.29, 1.82) is 0 Å². The Balaban J connectivity index is 1.91. The maximum absolute atomic E-state index is 5.82. The fraction of sp³-hybridized carbons (Fsp3) is 0.222. The Kier molecular flexibility index (Phi) is 1.77. The Morgan fingerprint density at radius 3 is 2.63 bits per heavy atom. The first kappa shape index (κ1) is 9.99. The maximum atomic E-state index is 5.82. The van der Waals surface area contributed by atoms with Crippen LogP contribution in [0.2, 0.25) is 0 Å². The first-order chi connectivity index (χ1) is 9.40. The number of epoxide rings is 1. The molecule has 0 spiro atoms. The topological polar surface area (TPSA) is 12.5 Å². The van der Waals surface area contributed by atoms with Gasteiger partial charge in [0.1, 0.15) is 6.10 Å². The molecule has 0 bridgehead atoms. The fourth-order valence-electron chi connectivity index (χ4n) is 3.55. The third kappa shape index (κ3) is 1.34. The van der Waals surface area contributed by atoms with E-state index in [-0.39, 0.29) is 0 Å². The lowest BCUT2D eigenvalue weighted by atomic mass is 9.87. The minimum atomic E-state index is 0.369. The minimum Gasteiger partial charge on any atom is -0.364 e. The molecule has 1 fully saturated rings. The van der Waals surface area contributed by atoms with Gasteiger partial charge in [0, 0.05) is 0 Å². The molecule has 1 saturated heterocycles. The SMILES string of the molecule is c1ccc2cc3c4c(ccc3cc2c1)CC[C@H]1O[C@@H]41. The number of hydrogen-bond acceptors (Lipinski definition) is 1. The average Bonchev–Trinajstić information content (AvgIpc) is 3.24. The van der Waals surface area contributed by atoms with Crippen molar-refractivity contribution in [2.45, 2.75) is 25.0 Å². The molecule has 19 heavy (non-hydrogen) atoms. The normalized spacial score (nSPS) is 24.2. The van der Waals surface area contributed by atoms with Gasteiger partial charge in [-0.05, 0) is 57.6 Å². The summed E-state index contributed by atoms with van der Waals surface area (Å²) in [4.78, 5) is 0. The number of rotatable bonds is 0. The summed E-state index contributed by atoms with van der Waals surface area (Å²) in [6.07, 6.45) is 3.22. The molecule has 5 rings (SSSR count). The van der Waals surface area contributed by atoms with Crippen molar-refractivity contribution in [3.63, 3.8) is 0 Å². The van der Waals surface area contributed by atoms with Gasteiger partial charge in [-0.2, -0.15) is 0 Å². The van der Waals surface area contributed by atoms with Crippen molar-refractivity contribution in [3.8, 4) is 0 Å². The summed E-state index contributed by atoms with van der Waals surface area (Å²) in [7, 11) is 0. The van der Waals surface area contributed by atoms with E-state index in [4.69, 9.17) is 4.74 Å². The van der Waals surface area contributed by atoms with Gasteiger partial charge in [-0.3, -0.25) is 0 Å². The summed E-state index contributed by atoms with van der Waals surface area (Å²) in [5, 5.41) is 5.38. The van der Waals surface area contributed by atoms with E-state index in [2.05, 4.69) is 48.5 Å². The summed E-state index contributed by atoms with van der Waals surface area (Å²) in [5.74, 6) is 0. The lowest BCUT2D eigenvalue weighted by Crippen LogP contribution is -2.04. The van der Waals surface area contributed by atoms with Crippen LogP contribution in [0.1, 0.15) is 23.7 Å². The molecule has 1 aliphatic heterocycles. The molecule has 0 aromatic heterocycles. The Morgan fingerprint density at radius 2 is 1.74 bits per heavy atom. The lowest BCUT2D eigenvalue weighted by molar-refractivity contribution is 0.373. The van der Waals surface area contributed by atoms with Gasteiger partial charge < -0.3 is 4.74 Å². The lowest BCUT2D eigenvalue weighted by Gasteiger charge is -2.15. The van der Waals surface area contributed by atoms with E-state index in [9.17, 15) is 0 Å². The van der Waals surface area contributed by atoms with Crippen LogP contribution >= 0.6 is 0 Å². The van der Waals surface area contributed by atoms with Gasteiger partial charge in [0.15, 0.2) is 0 Å². The number of aryl methyl sites for hydroxylation is 1. The third-order valence-corrected chi connectivity index (χ3v) is 4.58. The zero-order valence-corrected chi connectivity index (χ0v) is 10.6. The van der Waals surface area contributed by atoms with Crippen LogP contribution in [0.5, 0.6) is 0 Å². The molecule has 0 unspecified atom stereocenters. The van der Waals surface area contributed by atoms with Gasteiger partial charge >= 0.3 is 0 Å². The van der Waals surface area contributed by atoms with Gasteiger partial charge in [0.25, 0.3) is 0 Å². The Morgan fingerprint density at radius 1 is 0.895 bits per heavy atom. The summed E-state index contributed by atoms with van der Waals surface area (Å²) in [5.41, 5.74) is 2.95. The fourth-order valence-corrected chi connectivity index (χ4v) is 3.55. The van der Waals surface area contributed by atoms with Crippen molar-refractivity contribution < 1.29 is 4.74 Å². The molecule has 1 aliphatic carbocycles. The second-order valence-corrected chi connectivity index (χ2v) is 5.69. The first-order valence-electron chi connectivity index (χ1n) is 7.00. The van der Waals surface area contributed by atoms with Gasteiger partial charge in [-0.1, -0.05) is 36.4 Å². The molecule has 0 radical (unpaired) electrons. The summed E-state index contributed by atoms with van der Waals surface area (Å²) < 4.78 is 5.82. The zero-order valence-electron chi connectivity index (χ0n) is 10.6. The maximum Gasteiger partial charge on any atom is 0.110 e. The Bertz CT molecular complexity index is 818. The van der Waals surface area contributed by atoms with Gasteiger partial charge in [-0.15, -0.1) is 0 Å².